The van der Waals surface area contributed by atoms with Gasteiger partial charge in [0.2, 0.25) is 5.91 Å². The predicted molar refractivity (Wildman–Crippen MR) is 110 cm³/mol. The molecule has 146 valence electrons. The van der Waals surface area contributed by atoms with Crippen LogP contribution in [0, 0.1) is 25.7 Å². The largest absolute Gasteiger partial charge is 0.493 e. The Bertz CT molecular complexity index is 867. The van der Waals surface area contributed by atoms with E-state index in [-0.39, 0.29) is 5.91 Å². The van der Waals surface area contributed by atoms with Crippen LogP contribution in [-0.4, -0.2) is 30.5 Å². The van der Waals surface area contributed by atoms with Crippen molar-refractivity contribution in [3.63, 3.8) is 0 Å². The number of carbonyl (C=O) groups is 1. The Morgan fingerprint density at radius 2 is 1.96 bits per heavy atom. The molecular formula is C23H31NO3. The van der Waals surface area contributed by atoms with Gasteiger partial charge < -0.3 is 14.1 Å². The SMILES string of the molecule is CCOc1c(/C(C)=C/C(=O)N2CC(C)CC(C)C2)cc2c(C)coc2c1C. The average molecular weight is 370 g/mol. The Hall–Kier alpha value is -2.23. The predicted octanol–water partition coefficient (Wildman–Crippen LogP) is 5.36. The first-order valence-electron chi connectivity index (χ1n) is 9.93. The van der Waals surface area contributed by atoms with Crippen molar-refractivity contribution in [1.29, 1.82) is 0 Å². The molecule has 27 heavy (non-hydrogen) atoms. The summed E-state index contributed by atoms with van der Waals surface area (Å²) in [5.74, 6) is 2.01. The van der Waals surface area contributed by atoms with E-state index in [0.29, 0.717) is 18.4 Å². The highest BCUT2D eigenvalue weighted by Crippen LogP contribution is 2.37. The highest BCUT2D eigenvalue weighted by molar-refractivity contribution is 5.98. The molecule has 2 heterocycles. The van der Waals surface area contributed by atoms with E-state index in [4.69, 9.17) is 9.15 Å². The molecule has 0 N–H and O–H groups in total. The van der Waals surface area contributed by atoms with E-state index in [0.717, 1.165) is 52.1 Å². The van der Waals surface area contributed by atoms with Gasteiger partial charge in [0.25, 0.3) is 0 Å². The van der Waals surface area contributed by atoms with Gasteiger partial charge in [0.05, 0.1) is 12.9 Å². The van der Waals surface area contributed by atoms with Gasteiger partial charge in [-0.05, 0) is 63.2 Å². The molecule has 0 radical (unpaired) electrons. The average Bonchev–Trinajstić information content (AvgIpc) is 2.97. The van der Waals surface area contributed by atoms with Crippen LogP contribution in [0.1, 0.15) is 50.8 Å². The number of piperidine rings is 1. The molecule has 1 aromatic carbocycles. The van der Waals surface area contributed by atoms with Gasteiger partial charge in [-0.1, -0.05) is 13.8 Å². The van der Waals surface area contributed by atoms with Gasteiger partial charge in [0.1, 0.15) is 11.3 Å². The van der Waals surface area contributed by atoms with Gasteiger partial charge in [-0.3, -0.25) is 4.79 Å². The van der Waals surface area contributed by atoms with Crippen LogP contribution in [0.3, 0.4) is 0 Å². The Labute approximate surface area is 162 Å². The number of hydrogen-bond donors (Lipinski definition) is 0. The molecule has 0 spiro atoms. The van der Waals surface area contributed by atoms with Crippen LogP contribution in [0.25, 0.3) is 16.5 Å². The van der Waals surface area contributed by atoms with Gasteiger partial charge >= 0.3 is 0 Å². The Morgan fingerprint density at radius 3 is 2.59 bits per heavy atom. The summed E-state index contributed by atoms with van der Waals surface area (Å²) >= 11 is 0. The number of nitrogens with zero attached hydrogens (tertiary/aromatic N) is 1. The second-order valence-corrected chi connectivity index (χ2v) is 8.12. The lowest BCUT2D eigenvalue weighted by Crippen LogP contribution is -2.41. The molecule has 2 aromatic rings. The quantitative estimate of drug-likeness (QED) is 0.682. The zero-order chi connectivity index (χ0) is 19.7. The summed E-state index contributed by atoms with van der Waals surface area (Å²) in [6.45, 7) is 14.7. The van der Waals surface area contributed by atoms with Crippen molar-refractivity contribution < 1.29 is 13.9 Å². The number of hydrogen-bond acceptors (Lipinski definition) is 3. The summed E-state index contributed by atoms with van der Waals surface area (Å²) in [6.07, 6.45) is 4.73. The molecule has 1 aliphatic rings. The van der Waals surface area contributed by atoms with Crippen molar-refractivity contribution >= 4 is 22.4 Å². The number of furan rings is 1. The van der Waals surface area contributed by atoms with E-state index in [9.17, 15) is 4.79 Å². The molecule has 0 bridgehead atoms. The van der Waals surface area contributed by atoms with Gasteiger partial charge in [-0.15, -0.1) is 0 Å². The maximum atomic E-state index is 12.9. The molecule has 4 nitrogen and oxygen atoms in total. The van der Waals surface area contributed by atoms with Gasteiger partial charge in [0, 0.05) is 35.7 Å². The highest BCUT2D eigenvalue weighted by Gasteiger charge is 2.25. The van der Waals surface area contributed by atoms with Crippen LogP contribution >= 0.6 is 0 Å². The fourth-order valence-corrected chi connectivity index (χ4v) is 4.26. The number of fused-ring (bicyclic) bond motifs is 1. The van der Waals surface area contributed by atoms with E-state index in [1.54, 1.807) is 12.3 Å². The fourth-order valence-electron chi connectivity index (χ4n) is 4.26. The Morgan fingerprint density at radius 1 is 1.30 bits per heavy atom. The molecule has 0 saturated carbocycles. The molecule has 1 aromatic heterocycles. The van der Waals surface area contributed by atoms with E-state index in [1.807, 2.05) is 32.6 Å². The van der Waals surface area contributed by atoms with E-state index in [1.165, 1.54) is 6.42 Å². The zero-order valence-corrected chi connectivity index (χ0v) is 17.4. The highest BCUT2D eigenvalue weighted by atomic mass is 16.5. The van der Waals surface area contributed by atoms with Gasteiger partial charge in [-0.25, -0.2) is 0 Å². The van der Waals surface area contributed by atoms with Crippen LogP contribution in [-0.2, 0) is 4.79 Å². The summed E-state index contributed by atoms with van der Waals surface area (Å²) in [6, 6.07) is 2.09. The molecule has 1 saturated heterocycles. The van der Waals surface area contributed by atoms with Crippen LogP contribution in [0.2, 0.25) is 0 Å². The van der Waals surface area contributed by atoms with Crippen LogP contribution in [0.15, 0.2) is 22.8 Å². The molecule has 2 unspecified atom stereocenters. The standard InChI is InChI=1S/C23H31NO3/c1-7-26-22-18(6)23-20(17(5)13-27-23)10-19(22)16(4)9-21(25)24-11-14(2)8-15(3)12-24/h9-10,13-15H,7-8,11-12H2,1-6H3/b16-9+. The molecule has 3 rings (SSSR count). The molecule has 0 aliphatic carbocycles. The van der Waals surface area contributed by atoms with Crippen LogP contribution in [0.5, 0.6) is 5.75 Å². The third-order valence-electron chi connectivity index (χ3n) is 5.47. The maximum absolute atomic E-state index is 12.9. The van der Waals surface area contributed by atoms with Crippen molar-refractivity contribution in [3.05, 3.63) is 35.1 Å². The number of ether oxygens (including phenoxy) is 1. The number of likely N-dealkylation sites (tertiary alicyclic amines) is 1. The lowest BCUT2D eigenvalue weighted by molar-refractivity contribution is -0.128. The van der Waals surface area contributed by atoms with Gasteiger partial charge in [0.15, 0.2) is 0 Å². The van der Waals surface area contributed by atoms with Crippen molar-refractivity contribution in [1.82, 2.24) is 4.90 Å². The molecule has 1 fully saturated rings. The Balaban J connectivity index is 1.99. The second kappa shape index (κ2) is 7.79. The number of rotatable bonds is 4. The van der Waals surface area contributed by atoms with Crippen LogP contribution in [0.4, 0.5) is 0 Å². The smallest absolute Gasteiger partial charge is 0.246 e. The van der Waals surface area contributed by atoms with Crippen LogP contribution < -0.4 is 4.74 Å². The van der Waals surface area contributed by atoms with Crippen molar-refractivity contribution in [2.24, 2.45) is 11.8 Å². The number of allylic oxidation sites excluding steroid dienone is 1. The summed E-state index contributed by atoms with van der Waals surface area (Å²) in [5.41, 5.74) is 4.84. The summed E-state index contributed by atoms with van der Waals surface area (Å²) in [5, 5.41) is 1.08. The first-order chi connectivity index (χ1) is 12.8. The molecule has 1 aliphatic heterocycles. The first kappa shape index (κ1) is 19.5. The third-order valence-corrected chi connectivity index (χ3v) is 5.47. The molecule has 2 atom stereocenters. The third kappa shape index (κ3) is 3.90. The Kier molecular flexibility index (Phi) is 5.64. The monoisotopic (exact) mass is 369 g/mol. The van der Waals surface area contributed by atoms with Crippen molar-refractivity contribution in [2.75, 3.05) is 19.7 Å². The fraction of sp³-hybridized carbons (Fsp3) is 0.522. The maximum Gasteiger partial charge on any atom is 0.246 e. The zero-order valence-electron chi connectivity index (χ0n) is 17.4. The summed E-state index contributed by atoms with van der Waals surface area (Å²) < 4.78 is 11.7. The summed E-state index contributed by atoms with van der Waals surface area (Å²) in [4.78, 5) is 14.9. The lowest BCUT2D eigenvalue weighted by atomic mass is 9.91. The van der Waals surface area contributed by atoms with E-state index in [2.05, 4.69) is 19.9 Å². The number of amides is 1. The minimum Gasteiger partial charge on any atom is -0.493 e. The summed E-state index contributed by atoms with van der Waals surface area (Å²) in [7, 11) is 0. The molecule has 4 heteroatoms. The number of carbonyl (C=O) groups excluding carboxylic acids is 1. The minimum absolute atomic E-state index is 0.0926. The first-order valence-corrected chi connectivity index (χ1v) is 9.93. The van der Waals surface area contributed by atoms with Crippen molar-refractivity contribution in [3.8, 4) is 5.75 Å². The molecule has 1 amide bonds. The van der Waals surface area contributed by atoms with Gasteiger partial charge in [-0.2, -0.15) is 0 Å². The normalized spacial score (nSPS) is 21.0. The number of benzene rings is 1. The minimum atomic E-state index is 0.0926. The number of aryl methyl sites for hydroxylation is 2. The van der Waals surface area contributed by atoms with Crippen molar-refractivity contribution in [2.45, 2.75) is 48.0 Å². The molecular weight excluding hydrogens is 338 g/mol. The van der Waals surface area contributed by atoms with E-state index >= 15 is 0 Å². The lowest BCUT2D eigenvalue weighted by Gasteiger charge is -2.34. The second-order valence-electron chi connectivity index (χ2n) is 8.12. The van der Waals surface area contributed by atoms with E-state index < -0.39 is 0 Å². The topological polar surface area (TPSA) is 42.7 Å².